The van der Waals surface area contributed by atoms with Gasteiger partial charge in [0.05, 0.1) is 12.3 Å². The standard InChI is InChI=1S/C22H25N3O2/c1-3-27-19-13-11-18(12-14-19)20-15-21(25-24-20)22(26)23-16(2)9-10-17-7-5-4-6-8-17/h4-8,11-16H,3,9-10H2,1-2H3,(H,23,26)(H,24,25)/t16-/m1/s1. The summed E-state index contributed by atoms with van der Waals surface area (Å²) in [6.07, 6.45) is 1.82. The van der Waals surface area contributed by atoms with Gasteiger partial charge in [0, 0.05) is 11.6 Å². The van der Waals surface area contributed by atoms with Gasteiger partial charge in [0.1, 0.15) is 11.4 Å². The molecule has 0 bridgehead atoms. The minimum atomic E-state index is -0.139. The molecule has 1 atom stereocenters. The largest absolute Gasteiger partial charge is 0.494 e. The predicted octanol–water partition coefficient (Wildman–Crippen LogP) is 4.23. The number of nitrogens with one attached hydrogen (secondary N) is 2. The summed E-state index contributed by atoms with van der Waals surface area (Å²) in [5.74, 6) is 0.683. The number of benzene rings is 2. The first-order valence-electron chi connectivity index (χ1n) is 9.29. The van der Waals surface area contributed by atoms with Crippen molar-refractivity contribution in [1.82, 2.24) is 15.5 Å². The van der Waals surface area contributed by atoms with Gasteiger partial charge in [-0.2, -0.15) is 5.10 Å². The molecular formula is C22H25N3O2. The lowest BCUT2D eigenvalue weighted by Gasteiger charge is -2.13. The Hall–Kier alpha value is -3.08. The normalized spacial score (nSPS) is 11.8. The molecule has 0 unspecified atom stereocenters. The zero-order valence-electron chi connectivity index (χ0n) is 15.7. The van der Waals surface area contributed by atoms with Gasteiger partial charge in [0.15, 0.2) is 0 Å². The van der Waals surface area contributed by atoms with Gasteiger partial charge in [0.25, 0.3) is 5.91 Å². The Morgan fingerprint density at radius 3 is 2.59 bits per heavy atom. The van der Waals surface area contributed by atoms with Crippen LogP contribution in [0.25, 0.3) is 11.3 Å². The molecule has 0 aliphatic carbocycles. The molecule has 0 radical (unpaired) electrons. The quantitative estimate of drug-likeness (QED) is 0.629. The van der Waals surface area contributed by atoms with Crippen LogP contribution >= 0.6 is 0 Å². The number of nitrogens with zero attached hydrogens (tertiary/aromatic N) is 1. The molecule has 0 aliphatic heterocycles. The molecule has 5 heteroatoms. The third-order valence-electron chi connectivity index (χ3n) is 4.37. The summed E-state index contributed by atoms with van der Waals surface area (Å²) in [6.45, 7) is 4.60. The molecule has 0 spiro atoms. The summed E-state index contributed by atoms with van der Waals surface area (Å²) in [4.78, 5) is 12.4. The molecule has 0 saturated heterocycles. The number of ether oxygens (including phenoxy) is 1. The summed E-state index contributed by atoms with van der Waals surface area (Å²) in [5.41, 5.74) is 3.41. The van der Waals surface area contributed by atoms with E-state index in [4.69, 9.17) is 4.74 Å². The van der Waals surface area contributed by atoms with Crippen LogP contribution < -0.4 is 10.1 Å². The molecule has 2 N–H and O–H groups in total. The minimum absolute atomic E-state index is 0.0786. The van der Waals surface area contributed by atoms with Crippen LogP contribution in [0.1, 0.15) is 36.3 Å². The first kappa shape index (κ1) is 18.7. The molecule has 0 fully saturated rings. The number of aryl methyl sites for hydroxylation is 1. The first-order valence-corrected chi connectivity index (χ1v) is 9.29. The monoisotopic (exact) mass is 363 g/mol. The van der Waals surface area contributed by atoms with E-state index in [1.165, 1.54) is 5.56 Å². The fourth-order valence-electron chi connectivity index (χ4n) is 2.88. The average molecular weight is 363 g/mol. The lowest BCUT2D eigenvalue weighted by Crippen LogP contribution is -2.33. The number of H-pyrrole nitrogens is 1. The van der Waals surface area contributed by atoms with Gasteiger partial charge in [-0.15, -0.1) is 0 Å². The van der Waals surface area contributed by atoms with E-state index in [1.54, 1.807) is 6.07 Å². The number of aromatic amines is 1. The fraction of sp³-hybridized carbons (Fsp3) is 0.273. The lowest BCUT2D eigenvalue weighted by molar-refractivity contribution is 0.0933. The number of hydrogen-bond donors (Lipinski definition) is 2. The zero-order chi connectivity index (χ0) is 19.1. The fourth-order valence-corrected chi connectivity index (χ4v) is 2.88. The molecule has 0 aliphatic rings. The lowest BCUT2D eigenvalue weighted by atomic mass is 10.1. The van der Waals surface area contributed by atoms with E-state index in [0.717, 1.165) is 29.8 Å². The topological polar surface area (TPSA) is 67.0 Å². The molecule has 1 heterocycles. The van der Waals surface area contributed by atoms with E-state index >= 15 is 0 Å². The summed E-state index contributed by atoms with van der Waals surface area (Å²) in [6, 6.07) is 19.8. The highest BCUT2D eigenvalue weighted by atomic mass is 16.5. The van der Waals surface area contributed by atoms with Crippen LogP contribution in [0.4, 0.5) is 0 Å². The van der Waals surface area contributed by atoms with E-state index in [-0.39, 0.29) is 11.9 Å². The highest BCUT2D eigenvalue weighted by molar-refractivity contribution is 5.93. The van der Waals surface area contributed by atoms with Crippen LogP contribution in [0, 0.1) is 0 Å². The Morgan fingerprint density at radius 1 is 1.15 bits per heavy atom. The molecule has 1 aromatic heterocycles. The van der Waals surface area contributed by atoms with E-state index < -0.39 is 0 Å². The SMILES string of the molecule is CCOc1ccc(-c2cc(C(=O)N[C@H](C)CCc3ccccc3)[nH]n2)cc1. The van der Waals surface area contributed by atoms with E-state index in [1.807, 2.05) is 56.3 Å². The Bertz CT molecular complexity index is 857. The Kier molecular flexibility index (Phi) is 6.26. The number of rotatable bonds is 8. The van der Waals surface area contributed by atoms with Crippen LogP contribution in [0.3, 0.4) is 0 Å². The molecule has 140 valence electrons. The molecular weight excluding hydrogens is 338 g/mol. The highest BCUT2D eigenvalue weighted by Crippen LogP contribution is 2.21. The van der Waals surface area contributed by atoms with Crippen molar-refractivity contribution in [2.45, 2.75) is 32.7 Å². The van der Waals surface area contributed by atoms with Gasteiger partial charge in [-0.05, 0) is 62.6 Å². The average Bonchev–Trinajstić information content (AvgIpc) is 3.18. The van der Waals surface area contributed by atoms with Crippen LogP contribution in [0.2, 0.25) is 0 Å². The summed E-state index contributed by atoms with van der Waals surface area (Å²) >= 11 is 0. The number of aromatic nitrogens is 2. The van der Waals surface area contributed by atoms with Gasteiger partial charge >= 0.3 is 0 Å². The van der Waals surface area contributed by atoms with Crippen molar-refractivity contribution >= 4 is 5.91 Å². The van der Waals surface area contributed by atoms with Gasteiger partial charge in [0.2, 0.25) is 0 Å². The predicted molar refractivity (Wildman–Crippen MR) is 107 cm³/mol. The smallest absolute Gasteiger partial charge is 0.269 e. The Labute approximate surface area is 159 Å². The van der Waals surface area contributed by atoms with E-state index in [2.05, 4.69) is 27.6 Å². The van der Waals surface area contributed by atoms with Crippen LogP contribution in [0.5, 0.6) is 5.75 Å². The number of hydrogen-bond acceptors (Lipinski definition) is 3. The van der Waals surface area contributed by atoms with E-state index in [9.17, 15) is 4.79 Å². The van der Waals surface area contributed by atoms with Gasteiger partial charge < -0.3 is 10.1 Å². The second-order valence-corrected chi connectivity index (χ2v) is 6.52. The maximum atomic E-state index is 12.4. The van der Waals surface area contributed by atoms with Crippen molar-refractivity contribution in [3.63, 3.8) is 0 Å². The summed E-state index contributed by atoms with van der Waals surface area (Å²) in [7, 11) is 0. The molecule has 5 nitrogen and oxygen atoms in total. The number of carbonyl (C=O) groups is 1. The van der Waals surface area contributed by atoms with Crippen LogP contribution in [0.15, 0.2) is 60.7 Å². The van der Waals surface area contributed by atoms with E-state index in [0.29, 0.717) is 12.3 Å². The van der Waals surface area contributed by atoms with Gasteiger partial charge in [-0.25, -0.2) is 0 Å². The van der Waals surface area contributed by atoms with Crippen molar-refractivity contribution in [1.29, 1.82) is 0 Å². The molecule has 27 heavy (non-hydrogen) atoms. The Morgan fingerprint density at radius 2 is 1.89 bits per heavy atom. The van der Waals surface area contributed by atoms with Gasteiger partial charge in [-0.3, -0.25) is 9.89 Å². The third-order valence-corrected chi connectivity index (χ3v) is 4.37. The zero-order valence-corrected chi connectivity index (χ0v) is 15.7. The maximum absolute atomic E-state index is 12.4. The van der Waals surface area contributed by atoms with Crippen molar-refractivity contribution in [3.8, 4) is 17.0 Å². The van der Waals surface area contributed by atoms with Crippen molar-refractivity contribution in [3.05, 3.63) is 71.9 Å². The molecule has 1 amide bonds. The number of carbonyl (C=O) groups excluding carboxylic acids is 1. The number of amides is 1. The van der Waals surface area contributed by atoms with Crippen LogP contribution in [-0.2, 0) is 6.42 Å². The third kappa shape index (κ3) is 5.20. The summed E-state index contributed by atoms with van der Waals surface area (Å²) in [5, 5.41) is 10.1. The first-order chi connectivity index (χ1) is 13.2. The molecule has 3 rings (SSSR count). The molecule has 3 aromatic rings. The summed E-state index contributed by atoms with van der Waals surface area (Å²) < 4.78 is 5.45. The highest BCUT2D eigenvalue weighted by Gasteiger charge is 2.13. The second-order valence-electron chi connectivity index (χ2n) is 6.52. The van der Waals surface area contributed by atoms with Crippen molar-refractivity contribution < 1.29 is 9.53 Å². The maximum Gasteiger partial charge on any atom is 0.269 e. The second kappa shape index (κ2) is 9.03. The van der Waals surface area contributed by atoms with Crippen LogP contribution in [-0.4, -0.2) is 28.8 Å². The molecule has 2 aromatic carbocycles. The van der Waals surface area contributed by atoms with Gasteiger partial charge in [-0.1, -0.05) is 30.3 Å². The van der Waals surface area contributed by atoms with Crippen molar-refractivity contribution in [2.24, 2.45) is 0 Å². The molecule has 0 saturated carbocycles. The Balaban J connectivity index is 1.56. The minimum Gasteiger partial charge on any atom is -0.494 e. The van der Waals surface area contributed by atoms with Crippen molar-refractivity contribution in [2.75, 3.05) is 6.61 Å².